The molecule has 1 aliphatic rings. The third-order valence-corrected chi connectivity index (χ3v) is 4.87. The van der Waals surface area contributed by atoms with Crippen molar-refractivity contribution in [3.63, 3.8) is 0 Å². The van der Waals surface area contributed by atoms with Gasteiger partial charge in [-0.05, 0) is 48.9 Å². The summed E-state index contributed by atoms with van der Waals surface area (Å²) in [7, 11) is 0. The molecule has 156 valence electrons. The number of rotatable bonds is 5. The van der Waals surface area contributed by atoms with Gasteiger partial charge in [-0.25, -0.2) is 4.79 Å². The fourth-order valence-electron chi connectivity index (χ4n) is 3.29. The number of aryl methyl sites for hydroxylation is 1. The Bertz CT molecular complexity index is 1150. The lowest BCUT2D eigenvalue weighted by Gasteiger charge is -2.16. The van der Waals surface area contributed by atoms with Crippen molar-refractivity contribution in [2.75, 3.05) is 28.7 Å². The second-order valence-corrected chi connectivity index (χ2v) is 6.96. The minimum atomic E-state index is -0.414. The zero-order valence-corrected chi connectivity index (χ0v) is 16.8. The molecule has 1 saturated heterocycles. The monoisotopic (exact) mass is 416 g/mol. The number of nitrogens with one attached hydrogen (secondary N) is 2. The normalized spacial score (nSPS) is 12.9. The van der Waals surface area contributed by atoms with Crippen molar-refractivity contribution < 1.29 is 19.1 Å². The molecule has 0 radical (unpaired) electrons. The first kappa shape index (κ1) is 20.1. The maximum Gasteiger partial charge on any atom is 0.414 e. The Labute approximate surface area is 178 Å². The molecule has 1 aromatic heterocycles. The van der Waals surface area contributed by atoms with Crippen molar-refractivity contribution in [1.82, 2.24) is 4.98 Å². The summed E-state index contributed by atoms with van der Waals surface area (Å²) in [5.74, 6) is -0.713. The quantitative estimate of drug-likeness (QED) is 0.658. The topological polar surface area (TPSA) is 101 Å². The highest BCUT2D eigenvalue weighted by Gasteiger charge is 2.24. The first-order chi connectivity index (χ1) is 15.0. The van der Waals surface area contributed by atoms with Gasteiger partial charge in [0, 0.05) is 29.3 Å². The summed E-state index contributed by atoms with van der Waals surface area (Å²) in [5, 5.41) is 5.67. The Hall–Kier alpha value is -4.20. The van der Waals surface area contributed by atoms with Crippen molar-refractivity contribution >= 4 is 35.0 Å². The Kier molecular flexibility index (Phi) is 5.61. The molecular weight excluding hydrogens is 396 g/mol. The summed E-state index contributed by atoms with van der Waals surface area (Å²) >= 11 is 0. The molecule has 0 bridgehead atoms. The number of amides is 3. The van der Waals surface area contributed by atoms with Crippen molar-refractivity contribution in [2.24, 2.45) is 0 Å². The maximum atomic E-state index is 13.0. The van der Waals surface area contributed by atoms with Crippen LogP contribution in [0.25, 0.3) is 0 Å². The molecule has 4 rings (SSSR count). The molecule has 0 atom stereocenters. The predicted octanol–water partition coefficient (Wildman–Crippen LogP) is 3.85. The van der Waals surface area contributed by atoms with Crippen LogP contribution in [0.1, 0.15) is 26.3 Å². The fourth-order valence-corrected chi connectivity index (χ4v) is 3.29. The molecule has 0 spiro atoms. The molecule has 0 unspecified atom stereocenters. The summed E-state index contributed by atoms with van der Waals surface area (Å²) in [5.41, 5.74) is 3.11. The minimum absolute atomic E-state index is 0.327. The van der Waals surface area contributed by atoms with Crippen LogP contribution < -0.4 is 15.5 Å². The molecule has 2 N–H and O–H groups in total. The molecule has 0 aliphatic carbocycles. The van der Waals surface area contributed by atoms with Crippen LogP contribution in [0.4, 0.5) is 21.9 Å². The molecule has 2 aromatic carbocycles. The van der Waals surface area contributed by atoms with Gasteiger partial charge in [0.05, 0.1) is 17.8 Å². The van der Waals surface area contributed by atoms with E-state index in [4.69, 9.17) is 4.74 Å². The van der Waals surface area contributed by atoms with Crippen LogP contribution in [0.15, 0.2) is 67.0 Å². The standard InChI is InChI=1S/C23H20N4O4/c1-15-4-2-7-19(20(15)26-21(28)16-8-10-24-11-9-16)22(29)25-17-5-3-6-18(14-17)27-12-13-31-23(27)30/h2-11,14H,12-13H2,1H3,(H,25,29)(H,26,28). The molecule has 3 amide bonds. The van der Waals surface area contributed by atoms with E-state index in [9.17, 15) is 14.4 Å². The summed E-state index contributed by atoms with van der Waals surface area (Å²) < 4.78 is 4.97. The molecule has 1 aliphatic heterocycles. The number of carbonyl (C=O) groups is 3. The first-order valence-corrected chi connectivity index (χ1v) is 9.69. The SMILES string of the molecule is Cc1cccc(C(=O)Nc2cccc(N3CCOC3=O)c2)c1NC(=O)c1ccncc1. The van der Waals surface area contributed by atoms with E-state index in [0.717, 1.165) is 5.56 Å². The van der Waals surface area contributed by atoms with Crippen LogP contribution in [0.2, 0.25) is 0 Å². The molecule has 0 saturated carbocycles. The van der Waals surface area contributed by atoms with Gasteiger partial charge in [0.15, 0.2) is 0 Å². The third kappa shape index (κ3) is 4.37. The van der Waals surface area contributed by atoms with Gasteiger partial charge in [-0.3, -0.25) is 19.5 Å². The lowest BCUT2D eigenvalue weighted by Crippen LogP contribution is -2.23. The second kappa shape index (κ2) is 8.66. The van der Waals surface area contributed by atoms with E-state index in [1.54, 1.807) is 48.5 Å². The number of hydrogen-bond acceptors (Lipinski definition) is 5. The third-order valence-electron chi connectivity index (χ3n) is 4.87. The lowest BCUT2D eigenvalue weighted by molar-refractivity contribution is 0.102. The lowest BCUT2D eigenvalue weighted by atomic mass is 10.1. The van der Waals surface area contributed by atoms with Crippen LogP contribution in [-0.4, -0.2) is 36.0 Å². The van der Waals surface area contributed by atoms with Crippen molar-refractivity contribution in [3.05, 3.63) is 83.7 Å². The average molecular weight is 416 g/mol. The minimum Gasteiger partial charge on any atom is -0.447 e. The van der Waals surface area contributed by atoms with Crippen LogP contribution >= 0.6 is 0 Å². The maximum absolute atomic E-state index is 13.0. The first-order valence-electron chi connectivity index (χ1n) is 9.69. The van der Waals surface area contributed by atoms with E-state index in [-0.39, 0.29) is 11.8 Å². The molecule has 8 nitrogen and oxygen atoms in total. The van der Waals surface area contributed by atoms with Gasteiger partial charge in [-0.15, -0.1) is 0 Å². The summed E-state index contributed by atoms with van der Waals surface area (Å²) in [6.07, 6.45) is 2.65. The molecule has 31 heavy (non-hydrogen) atoms. The number of ether oxygens (including phenoxy) is 1. The molecular formula is C23H20N4O4. The van der Waals surface area contributed by atoms with Gasteiger partial charge in [0.1, 0.15) is 6.61 Å². The number of benzene rings is 2. The van der Waals surface area contributed by atoms with Crippen molar-refractivity contribution in [2.45, 2.75) is 6.92 Å². The number of hydrogen-bond donors (Lipinski definition) is 2. The van der Waals surface area contributed by atoms with Crippen LogP contribution in [0.5, 0.6) is 0 Å². The molecule has 1 fully saturated rings. The number of nitrogens with zero attached hydrogens (tertiary/aromatic N) is 2. The van der Waals surface area contributed by atoms with E-state index in [2.05, 4.69) is 15.6 Å². The molecule has 2 heterocycles. The Morgan fingerprint density at radius 1 is 1.00 bits per heavy atom. The Balaban J connectivity index is 1.56. The zero-order chi connectivity index (χ0) is 21.8. The van der Waals surface area contributed by atoms with Crippen LogP contribution in [0.3, 0.4) is 0 Å². The number of pyridine rings is 1. The molecule has 8 heteroatoms. The second-order valence-electron chi connectivity index (χ2n) is 6.96. The number of aromatic nitrogens is 1. The number of para-hydroxylation sites is 1. The van der Waals surface area contributed by atoms with E-state index in [1.165, 1.54) is 17.3 Å². The average Bonchev–Trinajstić information content (AvgIpc) is 3.21. The van der Waals surface area contributed by atoms with Crippen LogP contribution in [0, 0.1) is 6.92 Å². The summed E-state index contributed by atoms with van der Waals surface area (Å²) in [6.45, 7) is 2.61. The van der Waals surface area contributed by atoms with Gasteiger partial charge in [-0.2, -0.15) is 0 Å². The smallest absolute Gasteiger partial charge is 0.414 e. The van der Waals surface area contributed by atoms with Crippen LogP contribution in [-0.2, 0) is 4.74 Å². The zero-order valence-electron chi connectivity index (χ0n) is 16.8. The largest absolute Gasteiger partial charge is 0.447 e. The number of anilines is 3. The fraction of sp³-hybridized carbons (Fsp3) is 0.130. The number of cyclic esters (lactones) is 1. The van der Waals surface area contributed by atoms with Gasteiger partial charge in [-0.1, -0.05) is 18.2 Å². The predicted molar refractivity (Wildman–Crippen MR) is 116 cm³/mol. The van der Waals surface area contributed by atoms with Gasteiger partial charge >= 0.3 is 6.09 Å². The summed E-state index contributed by atoms with van der Waals surface area (Å²) in [6, 6.07) is 15.4. The van der Waals surface area contributed by atoms with E-state index < -0.39 is 6.09 Å². The van der Waals surface area contributed by atoms with E-state index in [1.807, 2.05) is 13.0 Å². The highest BCUT2D eigenvalue weighted by molar-refractivity contribution is 6.13. The van der Waals surface area contributed by atoms with Gasteiger partial charge in [0.25, 0.3) is 11.8 Å². The molecule has 3 aromatic rings. The Morgan fingerprint density at radius 2 is 1.77 bits per heavy atom. The van der Waals surface area contributed by atoms with E-state index >= 15 is 0 Å². The van der Waals surface area contributed by atoms with E-state index in [0.29, 0.717) is 41.3 Å². The van der Waals surface area contributed by atoms with Gasteiger partial charge < -0.3 is 15.4 Å². The van der Waals surface area contributed by atoms with Crippen molar-refractivity contribution in [1.29, 1.82) is 0 Å². The summed E-state index contributed by atoms with van der Waals surface area (Å²) in [4.78, 5) is 42.8. The highest BCUT2D eigenvalue weighted by Crippen LogP contribution is 2.25. The van der Waals surface area contributed by atoms with Gasteiger partial charge in [0.2, 0.25) is 0 Å². The van der Waals surface area contributed by atoms with Crippen molar-refractivity contribution in [3.8, 4) is 0 Å². The number of carbonyl (C=O) groups excluding carboxylic acids is 3. The Morgan fingerprint density at radius 3 is 2.52 bits per heavy atom. The highest BCUT2D eigenvalue weighted by atomic mass is 16.6.